The van der Waals surface area contributed by atoms with Crippen LogP contribution in [0.4, 0.5) is 5.69 Å². The monoisotopic (exact) mass is 436 g/mol. The van der Waals surface area contributed by atoms with Crippen molar-refractivity contribution in [1.29, 1.82) is 0 Å². The molecule has 0 unspecified atom stereocenters. The molecule has 0 bridgehead atoms. The third-order valence-electron chi connectivity index (χ3n) is 5.39. The van der Waals surface area contributed by atoms with E-state index in [1.807, 2.05) is 61.2 Å². The minimum atomic E-state index is -0.0724. The van der Waals surface area contributed by atoms with Crippen molar-refractivity contribution in [3.8, 4) is 0 Å². The first kappa shape index (κ1) is 20.7. The molecule has 4 rings (SSSR count). The number of hydrogen-bond acceptors (Lipinski definition) is 4. The highest BCUT2D eigenvalue weighted by atomic mass is 32.2. The number of carbonyl (C=O) groups excluding carboxylic acids is 2. The smallest absolute Gasteiger partial charge is 0.254 e. The maximum absolute atomic E-state index is 13.2. The number of rotatable bonds is 5. The maximum atomic E-state index is 13.2. The van der Waals surface area contributed by atoms with Crippen LogP contribution in [0.1, 0.15) is 31.9 Å². The Labute approximate surface area is 185 Å². The molecular weight excluding hydrogens is 412 g/mol. The number of aryl methyl sites for hydroxylation is 1. The van der Waals surface area contributed by atoms with Gasteiger partial charge in [0.2, 0.25) is 5.91 Å². The number of benzene rings is 2. The normalized spacial score (nSPS) is 13.1. The van der Waals surface area contributed by atoms with Crippen molar-refractivity contribution >= 4 is 40.6 Å². The Morgan fingerprint density at radius 3 is 2.77 bits per heavy atom. The molecule has 0 fully saturated rings. The van der Waals surface area contributed by atoms with Gasteiger partial charge in [-0.15, -0.1) is 23.1 Å². The highest BCUT2D eigenvalue weighted by Gasteiger charge is 2.24. The van der Waals surface area contributed by atoms with Crippen molar-refractivity contribution in [3.63, 3.8) is 0 Å². The van der Waals surface area contributed by atoms with Crippen LogP contribution in [0.5, 0.6) is 0 Å². The van der Waals surface area contributed by atoms with Crippen LogP contribution in [0.25, 0.3) is 0 Å². The third kappa shape index (κ3) is 4.45. The molecule has 1 aliphatic rings. The van der Waals surface area contributed by atoms with Crippen molar-refractivity contribution in [2.24, 2.45) is 0 Å². The van der Waals surface area contributed by atoms with E-state index in [0.29, 0.717) is 23.5 Å². The molecule has 1 aliphatic heterocycles. The van der Waals surface area contributed by atoms with Crippen molar-refractivity contribution in [2.75, 3.05) is 17.6 Å². The predicted molar refractivity (Wildman–Crippen MR) is 124 cm³/mol. The summed E-state index contributed by atoms with van der Waals surface area (Å²) in [6, 6.07) is 15.7. The number of thioether (sulfide) groups is 1. The van der Waals surface area contributed by atoms with Gasteiger partial charge in [-0.2, -0.15) is 0 Å². The van der Waals surface area contributed by atoms with Crippen LogP contribution in [0, 0.1) is 13.8 Å². The Kier molecular flexibility index (Phi) is 6.25. The van der Waals surface area contributed by atoms with E-state index in [-0.39, 0.29) is 11.8 Å². The number of thiophene rings is 1. The van der Waals surface area contributed by atoms with E-state index in [2.05, 4.69) is 16.8 Å². The highest BCUT2D eigenvalue weighted by Crippen LogP contribution is 2.27. The second-order valence-electron chi connectivity index (χ2n) is 7.43. The van der Waals surface area contributed by atoms with Crippen LogP contribution in [-0.4, -0.2) is 29.0 Å². The molecule has 0 atom stereocenters. The van der Waals surface area contributed by atoms with Gasteiger partial charge in [0.25, 0.3) is 5.91 Å². The minimum Gasteiger partial charge on any atom is -0.334 e. The predicted octanol–water partition coefficient (Wildman–Crippen LogP) is 5.29. The molecule has 2 aromatic carbocycles. The van der Waals surface area contributed by atoms with E-state index in [1.165, 1.54) is 22.2 Å². The average Bonchev–Trinajstić information content (AvgIpc) is 3.22. The molecular formula is C24H24N2O2S2. The second kappa shape index (κ2) is 9.06. The summed E-state index contributed by atoms with van der Waals surface area (Å²) in [6.07, 6.45) is 0.907. The van der Waals surface area contributed by atoms with Gasteiger partial charge in [0.05, 0.1) is 5.75 Å². The second-order valence-corrected chi connectivity index (χ2v) is 9.44. The molecule has 30 heavy (non-hydrogen) atoms. The van der Waals surface area contributed by atoms with Gasteiger partial charge < -0.3 is 10.2 Å². The molecule has 6 heteroatoms. The van der Waals surface area contributed by atoms with Crippen molar-refractivity contribution < 1.29 is 9.59 Å². The third-order valence-corrected chi connectivity index (χ3v) is 7.58. The maximum Gasteiger partial charge on any atom is 0.254 e. The molecule has 154 valence electrons. The first-order valence-corrected chi connectivity index (χ1v) is 11.8. The summed E-state index contributed by atoms with van der Waals surface area (Å²) in [5, 5.41) is 5.07. The SMILES string of the molecule is Cc1ccccc1SCC(=O)Nc1cccc(C(=O)N2CCc3sccc3C2)c1C. The van der Waals surface area contributed by atoms with E-state index < -0.39 is 0 Å². The quantitative estimate of drug-likeness (QED) is 0.553. The van der Waals surface area contributed by atoms with Crippen LogP contribution >= 0.6 is 23.1 Å². The van der Waals surface area contributed by atoms with Crippen LogP contribution in [0.15, 0.2) is 58.8 Å². The van der Waals surface area contributed by atoms with Gasteiger partial charge in [-0.05, 0) is 66.6 Å². The van der Waals surface area contributed by atoms with E-state index in [0.717, 1.165) is 29.0 Å². The highest BCUT2D eigenvalue weighted by molar-refractivity contribution is 8.00. The topological polar surface area (TPSA) is 49.4 Å². The summed E-state index contributed by atoms with van der Waals surface area (Å²) in [5.74, 6) is 0.279. The van der Waals surface area contributed by atoms with E-state index in [4.69, 9.17) is 0 Å². The molecule has 0 saturated carbocycles. The molecule has 1 N–H and O–H groups in total. The van der Waals surface area contributed by atoms with Crippen molar-refractivity contribution in [3.05, 3.63) is 81.0 Å². The number of nitrogens with one attached hydrogen (secondary N) is 1. The number of amides is 2. The first-order valence-electron chi connectivity index (χ1n) is 9.95. The van der Waals surface area contributed by atoms with Crippen molar-refractivity contribution in [1.82, 2.24) is 4.90 Å². The lowest BCUT2D eigenvalue weighted by molar-refractivity contribution is -0.113. The Balaban J connectivity index is 1.43. The molecule has 0 radical (unpaired) electrons. The Hall–Kier alpha value is -2.57. The van der Waals surface area contributed by atoms with Gasteiger partial charge in [0.1, 0.15) is 0 Å². The average molecular weight is 437 g/mol. The zero-order valence-electron chi connectivity index (χ0n) is 17.1. The Bertz CT molecular complexity index is 1090. The fraction of sp³-hybridized carbons (Fsp3) is 0.250. The zero-order valence-corrected chi connectivity index (χ0v) is 18.7. The summed E-state index contributed by atoms with van der Waals surface area (Å²) in [6.45, 7) is 5.33. The van der Waals surface area contributed by atoms with Gasteiger partial charge in [-0.3, -0.25) is 9.59 Å². The van der Waals surface area contributed by atoms with Gasteiger partial charge in [-0.25, -0.2) is 0 Å². The summed E-state index contributed by atoms with van der Waals surface area (Å²) in [4.78, 5) is 30.0. The van der Waals surface area contributed by atoms with Crippen LogP contribution in [-0.2, 0) is 17.8 Å². The van der Waals surface area contributed by atoms with Gasteiger partial charge in [0, 0.05) is 34.1 Å². The summed E-state index contributed by atoms with van der Waals surface area (Å²) in [5.41, 5.74) is 4.57. The zero-order chi connectivity index (χ0) is 21.1. The standard InChI is InChI=1S/C24H24N2O2S2/c1-16-6-3-4-9-21(16)30-15-23(27)25-20-8-5-7-19(17(20)2)24(28)26-12-10-22-18(14-26)11-13-29-22/h3-9,11,13H,10,12,14-15H2,1-2H3,(H,25,27). The molecule has 2 amide bonds. The molecule has 2 heterocycles. The molecule has 0 spiro atoms. The van der Waals surface area contributed by atoms with E-state index >= 15 is 0 Å². The first-order chi connectivity index (χ1) is 14.5. The lowest BCUT2D eigenvalue weighted by atomic mass is 10.0. The minimum absolute atomic E-state index is 0.0229. The van der Waals surface area contributed by atoms with Crippen molar-refractivity contribution in [2.45, 2.75) is 31.7 Å². The molecule has 1 aromatic heterocycles. The molecule has 0 aliphatic carbocycles. The number of fused-ring (bicyclic) bond motifs is 1. The van der Waals surface area contributed by atoms with Crippen LogP contribution in [0.2, 0.25) is 0 Å². The van der Waals surface area contributed by atoms with Crippen LogP contribution < -0.4 is 5.32 Å². The molecule has 0 saturated heterocycles. The summed E-state index contributed by atoms with van der Waals surface area (Å²) in [7, 11) is 0. The lowest BCUT2D eigenvalue weighted by Gasteiger charge is -2.28. The Morgan fingerprint density at radius 1 is 1.10 bits per heavy atom. The molecule has 3 aromatic rings. The lowest BCUT2D eigenvalue weighted by Crippen LogP contribution is -2.35. The Morgan fingerprint density at radius 2 is 1.93 bits per heavy atom. The molecule has 4 nitrogen and oxygen atoms in total. The van der Waals surface area contributed by atoms with Crippen LogP contribution in [0.3, 0.4) is 0 Å². The fourth-order valence-corrected chi connectivity index (χ4v) is 5.36. The summed E-state index contributed by atoms with van der Waals surface area (Å²) >= 11 is 3.29. The largest absolute Gasteiger partial charge is 0.334 e. The number of nitrogens with zero attached hydrogens (tertiary/aromatic N) is 1. The number of anilines is 1. The van der Waals surface area contributed by atoms with E-state index in [1.54, 1.807) is 11.3 Å². The fourth-order valence-electron chi connectivity index (χ4n) is 3.64. The summed E-state index contributed by atoms with van der Waals surface area (Å²) < 4.78 is 0. The number of hydrogen-bond donors (Lipinski definition) is 1. The van der Waals surface area contributed by atoms with Gasteiger partial charge >= 0.3 is 0 Å². The van der Waals surface area contributed by atoms with Gasteiger partial charge in [0.15, 0.2) is 0 Å². The van der Waals surface area contributed by atoms with Gasteiger partial charge in [-0.1, -0.05) is 24.3 Å². The van der Waals surface area contributed by atoms with E-state index in [9.17, 15) is 9.59 Å². The number of carbonyl (C=O) groups is 2.